The summed E-state index contributed by atoms with van der Waals surface area (Å²) in [5, 5.41) is 3.89. The quantitative estimate of drug-likeness (QED) is 0.696. The number of carbonyl (C=O) groups is 1. The van der Waals surface area contributed by atoms with Gasteiger partial charge in [-0.1, -0.05) is 38.1 Å². The molecule has 5 heteroatoms. The van der Waals surface area contributed by atoms with Gasteiger partial charge in [-0.2, -0.15) is 0 Å². The lowest BCUT2D eigenvalue weighted by Gasteiger charge is -2.29. The minimum absolute atomic E-state index is 0.134. The van der Waals surface area contributed by atoms with E-state index in [4.69, 9.17) is 4.42 Å². The summed E-state index contributed by atoms with van der Waals surface area (Å²) in [5.74, 6) is 0.482. The fraction of sp³-hybridized carbons (Fsp3) is 0.348. The Balaban J connectivity index is 1.52. The number of hydrogen-bond donors (Lipinski definition) is 1. The molecule has 1 aliphatic rings. The van der Waals surface area contributed by atoms with Crippen LogP contribution in [0.25, 0.3) is 16.5 Å². The third kappa shape index (κ3) is 3.98. The maximum absolute atomic E-state index is 12.5. The van der Waals surface area contributed by atoms with Gasteiger partial charge in [0.2, 0.25) is 0 Å². The van der Waals surface area contributed by atoms with E-state index in [-0.39, 0.29) is 5.91 Å². The predicted octanol–water partition coefficient (Wildman–Crippen LogP) is 4.79. The van der Waals surface area contributed by atoms with Crippen molar-refractivity contribution in [2.24, 2.45) is 5.41 Å². The molecule has 0 bridgehead atoms. The number of benzene rings is 1. The number of nitrogens with zero attached hydrogens (tertiary/aromatic N) is 2. The van der Waals surface area contributed by atoms with Crippen molar-refractivity contribution < 1.29 is 9.21 Å². The van der Waals surface area contributed by atoms with E-state index in [1.807, 2.05) is 18.2 Å². The van der Waals surface area contributed by atoms with Crippen molar-refractivity contribution in [1.82, 2.24) is 15.3 Å². The summed E-state index contributed by atoms with van der Waals surface area (Å²) in [6.07, 6.45) is 11.0. The van der Waals surface area contributed by atoms with E-state index in [1.54, 1.807) is 12.4 Å². The fourth-order valence-corrected chi connectivity index (χ4v) is 3.63. The van der Waals surface area contributed by atoms with Gasteiger partial charge in [-0.3, -0.25) is 9.78 Å². The van der Waals surface area contributed by atoms with E-state index in [2.05, 4.69) is 41.3 Å². The van der Waals surface area contributed by atoms with Gasteiger partial charge in [0.25, 0.3) is 5.91 Å². The third-order valence-corrected chi connectivity index (χ3v) is 5.40. The van der Waals surface area contributed by atoms with Crippen LogP contribution in [0.15, 0.2) is 53.4 Å². The number of aromatic nitrogens is 2. The second-order valence-electron chi connectivity index (χ2n) is 8.13. The highest BCUT2D eigenvalue weighted by atomic mass is 16.3. The van der Waals surface area contributed by atoms with E-state index in [9.17, 15) is 4.79 Å². The maximum atomic E-state index is 12.5. The largest absolute Gasteiger partial charge is 0.449 e. The molecule has 144 valence electrons. The van der Waals surface area contributed by atoms with Crippen LogP contribution in [0.2, 0.25) is 0 Å². The SMILES string of the molecule is CC1(C)CC=C(c2cccc3cc(C(=O)NCCc4ncco4)cnc23)CC1. The average Bonchev–Trinajstić information content (AvgIpc) is 3.20. The van der Waals surface area contributed by atoms with Crippen molar-refractivity contribution in [3.8, 4) is 0 Å². The molecule has 1 N–H and O–H groups in total. The minimum Gasteiger partial charge on any atom is -0.449 e. The molecule has 0 saturated heterocycles. The molecule has 1 amide bonds. The normalized spacial score (nSPS) is 16.0. The first-order chi connectivity index (χ1) is 13.5. The highest BCUT2D eigenvalue weighted by Gasteiger charge is 2.23. The molecule has 0 aliphatic heterocycles. The van der Waals surface area contributed by atoms with Gasteiger partial charge < -0.3 is 9.73 Å². The second-order valence-corrected chi connectivity index (χ2v) is 8.13. The lowest BCUT2D eigenvalue weighted by Crippen LogP contribution is -2.25. The second kappa shape index (κ2) is 7.58. The van der Waals surface area contributed by atoms with E-state index in [1.165, 1.54) is 23.8 Å². The van der Waals surface area contributed by atoms with Crippen LogP contribution in [0.5, 0.6) is 0 Å². The van der Waals surface area contributed by atoms with E-state index >= 15 is 0 Å². The Morgan fingerprint density at radius 1 is 1.29 bits per heavy atom. The van der Waals surface area contributed by atoms with Gasteiger partial charge in [-0.25, -0.2) is 4.98 Å². The Hall–Kier alpha value is -2.95. The molecule has 2 heterocycles. The van der Waals surface area contributed by atoms with Gasteiger partial charge in [0.05, 0.1) is 17.3 Å². The highest BCUT2D eigenvalue weighted by Crippen LogP contribution is 2.39. The van der Waals surface area contributed by atoms with Crippen LogP contribution in [-0.2, 0) is 6.42 Å². The van der Waals surface area contributed by atoms with Crippen LogP contribution < -0.4 is 5.32 Å². The number of rotatable bonds is 5. The van der Waals surface area contributed by atoms with Crippen LogP contribution in [0, 0.1) is 5.41 Å². The summed E-state index contributed by atoms with van der Waals surface area (Å²) in [6, 6.07) is 8.11. The standard InChI is InChI=1S/C23H25N3O2/c1-23(2)9-6-16(7-10-23)19-5-3-4-17-14-18(15-26-21(17)19)22(27)25-11-8-20-24-12-13-28-20/h3-6,12-15H,7-11H2,1-2H3,(H,25,27). The van der Waals surface area contributed by atoms with Crippen molar-refractivity contribution in [1.29, 1.82) is 0 Å². The zero-order valence-corrected chi connectivity index (χ0v) is 16.4. The third-order valence-electron chi connectivity index (χ3n) is 5.40. The zero-order chi connectivity index (χ0) is 19.6. The average molecular weight is 375 g/mol. The summed E-state index contributed by atoms with van der Waals surface area (Å²) in [4.78, 5) is 21.2. The number of fused-ring (bicyclic) bond motifs is 1. The Morgan fingerprint density at radius 2 is 2.18 bits per heavy atom. The molecule has 5 nitrogen and oxygen atoms in total. The van der Waals surface area contributed by atoms with Gasteiger partial charge in [0.15, 0.2) is 5.89 Å². The summed E-state index contributed by atoms with van der Waals surface area (Å²) in [6.45, 7) is 5.10. The van der Waals surface area contributed by atoms with Crippen molar-refractivity contribution in [3.05, 3.63) is 66.0 Å². The van der Waals surface area contributed by atoms with Crippen molar-refractivity contribution >= 4 is 22.4 Å². The molecular weight excluding hydrogens is 350 g/mol. The molecule has 1 aromatic carbocycles. The van der Waals surface area contributed by atoms with Gasteiger partial charge in [-0.05, 0) is 36.3 Å². The number of amides is 1. The number of allylic oxidation sites excluding steroid dienone is 2. The summed E-state index contributed by atoms with van der Waals surface area (Å²) in [7, 11) is 0. The van der Waals surface area contributed by atoms with E-state index < -0.39 is 0 Å². The number of para-hydroxylation sites is 1. The molecule has 2 aromatic heterocycles. The van der Waals surface area contributed by atoms with Crippen molar-refractivity contribution in [3.63, 3.8) is 0 Å². The molecule has 3 aromatic rings. The molecule has 0 unspecified atom stereocenters. The van der Waals surface area contributed by atoms with E-state index in [0.717, 1.165) is 23.7 Å². The van der Waals surface area contributed by atoms with Gasteiger partial charge >= 0.3 is 0 Å². The van der Waals surface area contributed by atoms with Crippen LogP contribution in [0.4, 0.5) is 0 Å². The molecule has 1 aliphatic carbocycles. The Bertz CT molecular complexity index is 1020. The Kier molecular flexibility index (Phi) is 4.99. The number of oxazole rings is 1. The molecule has 0 atom stereocenters. The number of pyridine rings is 1. The Morgan fingerprint density at radius 3 is 2.93 bits per heavy atom. The monoisotopic (exact) mass is 375 g/mol. The molecule has 0 fully saturated rings. The zero-order valence-electron chi connectivity index (χ0n) is 16.4. The van der Waals surface area contributed by atoms with Gasteiger partial charge in [0.1, 0.15) is 6.26 Å². The Labute approximate surface area is 164 Å². The number of hydrogen-bond acceptors (Lipinski definition) is 4. The summed E-state index contributed by atoms with van der Waals surface area (Å²) in [5.41, 5.74) is 4.45. The summed E-state index contributed by atoms with van der Waals surface area (Å²) < 4.78 is 5.18. The summed E-state index contributed by atoms with van der Waals surface area (Å²) >= 11 is 0. The molecular formula is C23H25N3O2. The number of carbonyl (C=O) groups excluding carboxylic acids is 1. The van der Waals surface area contributed by atoms with E-state index in [0.29, 0.717) is 29.8 Å². The maximum Gasteiger partial charge on any atom is 0.252 e. The predicted molar refractivity (Wildman–Crippen MR) is 110 cm³/mol. The van der Waals surface area contributed by atoms with Crippen molar-refractivity contribution in [2.75, 3.05) is 6.54 Å². The van der Waals surface area contributed by atoms with Crippen LogP contribution in [0.3, 0.4) is 0 Å². The molecule has 4 rings (SSSR count). The minimum atomic E-state index is -0.134. The van der Waals surface area contributed by atoms with Crippen LogP contribution in [0.1, 0.15) is 54.9 Å². The van der Waals surface area contributed by atoms with Gasteiger partial charge in [-0.15, -0.1) is 0 Å². The topological polar surface area (TPSA) is 68.0 Å². The lowest BCUT2D eigenvalue weighted by molar-refractivity contribution is 0.0953. The molecule has 0 radical (unpaired) electrons. The fourth-order valence-electron chi connectivity index (χ4n) is 3.63. The first kappa shape index (κ1) is 18.4. The molecule has 0 saturated carbocycles. The number of nitrogens with one attached hydrogen (secondary N) is 1. The lowest BCUT2D eigenvalue weighted by atomic mass is 9.77. The smallest absolute Gasteiger partial charge is 0.252 e. The first-order valence-corrected chi connectivity index (χ1v) is 9.77. The molecule has 0 spiro atoms. The van der Waals surface area contributed by atoms with Crippen molar-refractivity contribution in [2.45, 2.75) is 39.5 Å². The first-order valence-electron chi connectivity index (χ1n) is 9.77. The highest BCUT2D eigenvalue weighted by molar-refractivity contribution is 5.99. The molecule has 28 heavy (non-hydrogen) atoms. The van der Waals surface area contributed by atoms with Gasteiger partial charge in [0, 0.05) is 30.1 Å². The van der Waals surface area contributed by atoms with Crippen LogP contribution in [-0.4, -0.2) is 22.4 Å². The van der Waals surface area contributed by atoms with Crippen LogP contribution >= 0.6 is 0 Å².